The molecule has 0 fully saturated rings. The summed E-state index contributed by atoms with van der Waals surface area (Å²) in [5.74, 6) is 0. The van der Waals surface area contributed by atoms with E-state index in [1.807, 2.05) is 57.2 Å². The molecule has 0 saturated heterocycles. The number of nitrogens with one attached hydrogen (secondary N) is 1. The number of rotatable bonds is 1. The third-order valence-corrected chi connectivity index (χ3v) is 3.16. The fourth-order valence-electron chi connectivity index (χ4n) is 1.78. The van der Waals surface area contributed by atoms with Crippen LogP contribution < -0.4 is 5.32 Å². The molecule has 0 saturated carbocycles. The molecule has 1 amide bonds. The van der Waals surface area contributed by atoms with E-state index in [9.17, 15) is 4.79 Å². The maximum atomic E-state index is 11.9. The van der Waals surface area contributed by atoms with E-state index in [2.05, 4.69) is 21.2 Å². The molecule has 4 heteroatoms. The first-order valence-electron chi connectivity index (χ1n) is 6.04. The first kappa shape index (κ1) is 13.9. The lowest BCUT2D eigenvalue weighted by molar-refractivity contribution is 0.0636. The topological polar surface area (TPSA) is 38.3 Å². The second-order valence-electron chi connectivity index (χ2n) is 5.27. The molecule has 0 bridgehead atoms. The van der Waals surface area contributed by atoms with E-state index in [4.69, 9.17) is 4.74 Å². The second kappa shape index (κ2) is 5.21. The zero-order chi connectivity index (χ0) is 14.0. The van der Waals surface area contributed by atoms with E-state index in [0.717, 1.165) is 20.9 Å². The molecule has 0 heterocycles. The van der Waals surface area contributed by atoms with Gasteiger partial charge in [0.1, 0.15) is 5.60 Å². The minimum absolute atomic E-state index is 0.454. The van der Waals surface area contributed by atoms with Gasteiger partial charge in [-0.25, -0.2) is 4.79 Å². The number of benzene rings is 2. The van der Waals surface area contributed by atoms with Crippen LogP contribution >= 0.6 is 15.9 Å². The van der Waals surface area contributed by atoms with Crippen molar-refractivity contribution in [2.75, 3.05) is 5.32 Å². The lowest BCUT2D eigenvalue weighted by Crippen LogP contribution is -2.27. The molecule has 2 aromatic rings. The monoisotopic (exact) mass is 321 g/mol. The van der Waals surface area contributed by atoms with E-state index in [0.29, 0.717) is 0 Å². The van der Waals surface area contributed by atoms with Gasteiger partial charge in [0.25, 0.3) is 0 Å². The zero-order valence-electron chi connectivity index (χ0n) is 11.2. The third-order valence-electron chi connectivity index (χ3n) is 2.50. The summed E-state index contributed by atoms with van der Waals surface area (Å²) in [5.41, 5.74) is 0.216. The Kier molecular flexibility index (Phi) is 3.80. The Bertz CT molecular complexity index is 617. The normalized spacial score (nSPS) is 11.4. The van der Waals surface area contributed by atoms with Gasteiger partial charge >= 0.3 is 6.09 Å². The molecular weight excluding hydrogens is 306 g/mol. The van der Waals surface area contributed by atoms with Crippen molar-refractivity contribution < 1.29 is 9.53 Å². The average molecular weight is 322 g/mol. The Hall–Kier alpha value is -1.55. The Balaban J connectivity index is 2.34. The van der Waals surface area contributed by atoms with Crippen LogP contribution in [0.2, 0.25) is 0 Å². The minimum Gasteiger partial charge on any atom is -0.444 e. The van der Waals surface area contributed by atoms with Crippen molar-refractivity contribution in [1.82, 2.24) is 0 Å². The van der Waals surface area contributed by atoms with Crippen LogP contribution in [-0.4, -0.2) is 11.7 Å². The van der Waals surface area contributed by atoms with Crippen LogP contribution in [0, 0.1) is 0 Å². The molecule has 0 aliphatic rings. The van der Waals surface area contributed by atoms with Crippen LogP contribution in [0.4, 0.5) is 10.5 Å². The van der Waals surface area contributed by atoms with E-state index >= 15 is 0 Å². The predicted octanol–water partition coefficient (Wildman–Crippen LogP) is 4.95. The van der Waals surface area contributed by atoms with Crippen LogP contribution in [0.15, 0.2) is 40.9 Å². The van der Waals surface area contributed by atoms with Gasteiger partial charge in [-0.2, -0.15) is 0 Å². The van der Waals surface area contributed by atoms with Crippen LogP contribution in [-0.2, 0) is 4.74 Å². The van der Waals surface area contributed by atoms with Crippen molar-refractivity contribution in [3.63, 3.8) is 0 Å². The molecule has 0 unspecified atom stereocenters. The van der Waals surface area contributed by atoms with E-state index < -0.39 is 11.7 Å². The number of carbonyl (C=O) groups excluding carboxylic acids is 1. The van der Waals surface area contributed by atoms with Gasteiger partial charge in [0.15, 0.2) is 0 Å². The van der Waals surface area contributed by atoms with Crippen LogP contribution in [0.1, 0.15) is 20.8 Å². The van der Waals surface area contributed by atoms with E-state index in [1.165, 1.54) is 0 Å². The smallest absolute Gasteiger partial charge is 0.412 e. The first-order chi connectivity index (χ1) is 8.87. The van der Waals surface area contributed by atoms with Gasteiger partial charge in [-0.15, -0.1) is 0 Å². The summed E-state index contributed by atoms with van der Waals surface area (Å²) < 4.78 is 6.11. The molecule has 0 atom stereocenters. The van der Waals surface area contributed by atoms with Crippen molar-refractivity contribution in [3.8, 4) is 0 Å². The fraction of sp³-hybridized carbons (Fsp3) is 0.267. The molecule has 0 aliphatic carbocycles. The molecule has 2 rings (SSSR count). The minimum atomic E-state index is -0.513. The van der Waals surface area contributed by atoms with Crippen molar-refractivity contribution in [2.24, 2.45) is 0 Å². The van der Waals surface area contributed by atoms with Gasteiger partial charge in [-0.1, -0.05) is 30.3 Å². The molecular formula is C15H16BrNO2. The van der Waals surface area contributed by atoms with E-state index in [-0.39, 0.29) is 0 Å². The molecule has 0 radical (unpaired) electrons. The number of hydrogen-bond donors (Lipinski definition) is 1. The number of carbonyl (C=O) groups is 1. The molecule has 0 spiro atoms. The highest BCUT2D eigenvalue weighted by molar-refractivity contribution is 9.10. The largest absolute Gasteiger partial charge is 0.444 e. The Morgan fingerprint density at radius 2 is 1.84 bits per heavy atom. The highest BCUT2D eigenvalue weighted by Gasteiger charge is 2.17. The summed E-state index contributed by atoms with van der Waals surface area (Å²) in [4.78, 5) is 11.9. The molecule has 2 aromatic carbocycles. The van der Waals surface area contributed by atoms with Crippen molar-refractivity contribution in [3.05, 3.63) is 40.9 Å². The number of halogens is 1. The number of fused-ring (bicyclic) bond motifs is 1. The molecule has 100 valence electrons. The maximum absolute atomic E-state index is 11.9. The highest BCUT2D eigenvalue weighted by Crippen LogP contribution is 2.31. The molecule has 1 N–H and O–H groups in total. The maximum Gasteiger partial charge on any atom is 0.412 e. The second-order valence-corrected chi connectivity index (χ2v) is 6.12. The summed E-state index contributed by atoms with van der Waals surface area (Å²) in [7, 11) is 0. The Labute approximate surface area is 121 Å². The zero-order valence-corrected chi connectivity index (χ0v) is 12.7. The van der Waals surface area contributed by atoms with Crippen molar-refractivity contribution in [1.29, 1.82) is 0 Å². The summed E-state index contributed by atoms with van der Waals surface area (Å²) in [5, 5.41) is 4.84. The lowest BCUT2D eigenvalue weighted by atomic mass is 10.1. The van der Waals surface area contributed by atoms with Crippen LogP contribution in [0.5, 0.6) is 0 Å². The van der Waals surface area contributed by atoms with Crippen LogP contribution in [0.25, 0.3) is 10.8 Å². The predicted molar refractivity (Wildman–Crippen MR) is 81.5 cm³/mol. The van der Waals surface area contributed by atoms with Gasteiger partial charge in [-0.3, -0.25) is 5.32 Å². The van der Waals surface area contributed by atoms with Gasteiger partial charge in [0.2, 0.25) is 0 Å². The first-order valence-corrected chi connectivity index (χ1v) is 6.83. The quantitative estimate of drug-likeness (QED) is 0.807. The molecule has 3 nitrogen and oxygen atoms in total. The summed E-state index contributed by atoms with van der Waals surface area (Å²) >= 11 is 3.46. The number of ether oxygens (including phenoxy) is 1. The van der Waals surface area contributed by atoms with Gasteiger partial charge in [-0.05, 0) is 48.2 Å². The van der Waals surface area contributed by atoms with E-state index in [1.54, 1.807) is 0 Å². The third kappa shape index (κ3) is 3.47. The standard InChI is InChI=1S/C15H16BrNO2/c1-15(2,3)19-14(18)17-13-11-7-5-4-6-10(11)8-9-12(13)16/h4-9H,1-3H3,(H,17,18). The molecule has 19 heavy (non-hydrogen) atoms. The van der Waals surface area contributed by atoms with Gasteiger partial charge in [0, 0.05) is 9.86 Å². The van der Waals surface area contributed by atoms with Crippen molar-refractivity contribution >= 4 is 38.5 Å². The van der Waals surface area contributed by atoms with Crippen molar-refractivity contribution in [2.45, 2.75) is 26.4 Å². The SMILES string of the molecule is CC(C)(C)OC(=O)Nc1c(Br)ccc2ccccc12. The molecule has 0 aliphatic heterocycles. The highest BCUT2D eigenvalue weighted by atomic mass is 79.9. The average Bonchev–Trinajstić information content (AvgIpc) is 2.31. The Morgan fingerprint density at radius 3 is 2.53 bits per heavy atom. The molecule has 0 aromatic heterocycles. The summed E-state index contributed by atoms with van der Waals surface area (Å²) in [6.07, 6.45) is -0.454. The Morgan fingerprint density at radius 1 is 1.16 bits per heavy atom. The summed E-state index contributed by atoms with van der Waals surface area (Å²) in [6, 6.07) is 11.8. The number of amides is 1. The fourth-order valence-corrected chi connectivity index (χ4v) is 2.22. The number of hydrogen-bond acceptors (Lipinski definition) is 2. The lowest BCUT2D eigenvalue weighted by Gasteiger charge is -2.20. The number of anilines is 1. The van der Waals surface area contributed by atoms with Crippen LogP contribution in [0.3, 0.4) is 0 Å². The summed E-state index contributed by atoms with van der Waals surface area (Å²) in [6.45, 7) is 5.51. The van der Waals surface area contributed by atoms with Gasteiger partial charge in [0.05, 0.1) is 5.69 Å². The van der Waals surface area contributed by atoms with Gasteiger partial charge < -0.3 is 4.74 Å².